The Morgan fingerprint density at radius 2 is 1.53 bits per heavy atom. The van der Waals surface area contributed by atoms with Gasteiger partial charge in [-0.15, -0.1) is 10.2 Å². The number of fused-ring (bicyclic) bond motifs is 1. The summed E-state index contributed by atoms with van der Waals surface area (Å²) in [5.41, 5.74) is 3.99. The van der Waals surface area contributed by atoms with Crippen molar-refractivity contribution in [3.05, 3.63) is 120 Å². The van der Waals surface area contributed by atoms with Crippen molar-refractivity contribution >= 4 is 29.3 Å². The third-order valence-corrected chi connectivity index (χ3v) is 10.1. The molecule has 0 bridgehead atoms. The highest BCUT2D eigenvalue weighted by Gasteiger charge is 2.45. The number of rotatable bonds is 11. The Labute approximate surface area is 304 Å². The molecule has 1 aliphatic carbocycles. The number of benzene rings is 3. The SMILES string of the molecule is CC(C)(c1ccc(OCc2ccnc(-n3cnnc3)n2)cc1)c1ccc(O[C@H]2C[C@@H](Nc3ccc4c(c3)C(=O)N(C3CCC(=O)NC3=O)C4=O)C2)cc1. The second-order valence-corrected chi connectivity index (χ2v) is 13.9. The van der Waals surface area contributed by atoms with Gasteiger partial charge in [-0.2, -0.15) is 0 Å². The van der Waals surface area contributed by atoms with Crippen LogP contribution in [0.15, 0.2) is 91.6 Å². The Kier molecular flexibility index (Phi) is 8.64. The van der Waals surface area contributed by atoms with E-state index in [0.29, 0.717) is 18.2 Å². The topological polar surface area (TPSA) is 171 Å². The fraction of sp³-hybridized carbons (Fsp3) is 0.282. The van der Waals surface area contributed by atoms with Crippen LogP contribution < -0.4 is 20.1 Å². The average molecular weight is 713 g/mol. The van der Waals surface area contributed by atoms with Crippen LogP contribution >= 0.6 is 0 Å². The minimum Gasteiger partial charge on any atom is -0.490 e. The van der Waals surface area contributed by atoms with Gasteiger partial charge in [0.2, 0.25) is 17.8 Å². The second kappa shape index (κ2) is 13.6. The van der Waals surface area contributed by atoms with Gasteiger partial charge in [-0.05, 0) is 66.1 Å². The lowest BCUT2D eigenvalue weighted by molar-refractivity contribution is -0.136. The van der Waals surface area contributed by atoms with Gasteiger partial charge >= 0.3 is 0 Å². The number of ether oxygens (including phenoxy) is 2. The van der Waals surface area contributed by atoms with Crippen LogP contribution in [0.1, 0.15) is 77.1 Å². The number of aromatic nitrogens is 5. The molecule has 14 nitrogen and oxygen atoms in total. The van der Waals surface area contributed by atoms with Gasteiger partial charge in [0.25, 0.3) is 11.8 Å². The Morgan fingerprint density at radius 3 is 2.23 bits per heavy atom. The summed E-state index contributed by atoms with van der Waals surface area (Å²) in [6.45, 7) is 4.66. The van der Waals surface area contributed by atoms with E-state index in [0.717, 1.165) is 46.1 Å². The zero-order valence-corrected chi connectivity index (χ0v) is 29.1. The Bertz CT molecular complexity index is 2200. The second-order valence-electron chi connectivity index (χ2n) is 13.9. The van der Waals surface area contributed by atoms with E-state index < -0.39 is 29.7 Å². The molecule has 2 aliphatic heterocycles. The number of imide groups is 2. The molecule has 3 aliphatic rings. The first-order chi connectivity index (χ1) is 25.6. The van der Waals surface area contributed by atoms with Gasteiger partial charge < -0.3 is 14.8 Å². The minimum atomic E-state index is -0.988. The molecule has 53 heavy (non-hydrogen) atoms. The van der Waals surface area contributed by atoms with Crippen LogP contribution in [0.2, 0.25) is 0 Å². The molecule has 2 N–H and O–H groups in total. The normalized spacial score (nSPS) is 19.7. The smallest absolute Gasteiger partial charge is 0.262 e. The van der Waals surface area contributed by atoms with E-state index in [1.807, 2.05) is 30.3 Å². The average Bonchev–Trinajstić information content (AvgIpc) is 3.77. The maximum absolute atomic E-state index is 13.2. The summed E-state index contributed by atoms with van der Waals surface area (Å²) in [6.07, 6.45) is 6.55. The van der Waals surface area contributed by atoms with E-state index in [-0.39, 0.29) is 41.5 Å². The van der Waals surface area contributed by atoms with Crippen molar-refractivity contribution in [2.24, 2.45) is 0 Å². The van der Waals surface area contributed by atoms with Crippen molar-refractivity contribution in [3.8, 4) is 17.4 Å². The summed E-state index contributed by atoms with van der Waals surface area (Å²) in [6, 6.07) is 22.3. The predicted octanol–water partition coefficient (Wildman–Crippen LogP) is 4.39. The zero-order valence-electron chi connectivity index (χ0n) is 29.1. The van der Waals surface area contributed by atoms with Gasteiger partial charge in [0.15, 0.2) is 0 Å². The van der Waals surface area contributed by atoms with Gasteiger partial charge in [0.1, 0.15) is 42.9 Å². The summed E-state index contributed by atoms with van der Waals surface area (Å²) in [4.78, 5) is 59.8. The van der Waals surface area contributed by atoms with E-state index in [1.54, 1.807) is 41.6 Å². The number of hydrogen-bond acceptors (Lipinski definition) is 11. The number of carbonyl (C=O) groups excluding carboxylic acids is 4. The summed E-state index contributed by atoms with van der Waals surface area (Å²) < 4.78 is 13.9. The molecule has 1 saturated carbocycles. The molecule has 2 fully saturated rings. The molecule has 3 aromatic carbocycles. The summed E-state index contributed by atoms with van der Waals surface area (Å²) in [7, 11) is 0. The van der Waals surface area contributed by atoms with Crippen molar-refractivity contribution < 1.29 is 28.7 Å². The van der Waals surface area contributed by atoms with Crippen LogP contribution in [0.25, 0.3) is 5.95 Å². The highest BCUT2D eigenvalue weighted by atomic mass is 16.5. The quantitative estimate of drug-likeness (QED) is 0.186. The number of nitrogens with one attached hydrogen (secondary N) is 2. The van der Waals surface area contributed by atoms with Crippen molar-refractivity contribution in [3.63, 3.8) is 0 Å². The molecule has 1 atom stereocenters. The van der Waals surface area contributed by atoms with E-state index in [1.165, 1.54) is 0 Å². The largest absolute Gasteiger partial charge is 0.490 e. The summed E-state index contributed by atoms with van der Waals surface area (Å²) in [5.74, 6) is -0.0544. The molecule has 1 unspecified atom stereocenters. The zero-order chi connectivity index (χ0) is 36.7. The predicted molar refractivity (Wildman–Crippen MR) is 190 cm³/mol. The fourth-order valence-corrected chi connectivity index (χ4v) is 6.90. The minimum absolute atomic E-state index is 0.0383. The number of hydrogen-bond donors (Lipinski definition) is 2. The van der Waals surface area contributed by atoms with Crippen molar-refractivity contribution in [1.82, 2.24) is 34.9 Å². The van der Waals surface area contributed by atoms with Crippen LogP contribution in [-0.2, 0) is 21.6 Å². The van der Waals surface area contributed by atoms with Gasteiger partial charge in [0, 0.05) is 42.6 Å². The van der Waals surface area contributed by atoms with Crippen LogP contribution in [0.3, 0.4) is 0 Å². The molecule has 0 spiro atoms. The van der Waals surface area contributed by atoms with Gasteiger partial charge in [0.05, 0.1) is 16.8 Å². The molecule has 8 rings (SSSR count). The highest BCUT2D eigenvalue weighted by molar-refractivity contribution is 6.23. The van der Waals surface area contributed by atoms with Gasteiger partial charge in [-0.1, -0.05) is 38.1 Å². The maximum Gasteiger partial charge on any atom is 0.262 e. The van der Waals surface area contributed by atoms with Crippen LogP contribution in [0, 0.1) is 0 Å². The molecule has 2 aromatic heterocycles. The summed E-state index contributed by atoms with van der Waals surface area (Å²) >= 11 is 0. The van der Waals surface area contributed by atoms with E-state index in [9.17, 15) is 19.2 Å². The number of nitrogens with zero attached hydrogens (tertiary/aromatic N) is 6. The lowest BCUT2D eigenvalue weighted by atomic mass is 9.78. The fourth-order valence-electron chi connectivity index (χ4n) is 6.90. The van der Waals surface area contributed by atoms with Crippen molar-refractivity contribution in [1.29, 1.82) is 0 Å². The third kappa shape index (κ3) is 6.70. The number of anilines is 1. The molecule has 268 valence electrons. The van der Waals surface area contributed by atoms with Gasteiger partial charge in [-0.3, -0.25) is 34.0 Å². The van der Waals surface area contributed by atoms with E-state index in [2.05, 4.69) is 68.9 Å². The first-order valence-corrected chi connectivity index (χ1v) is 17.4. The molecule has 5 aromatic rings. The third-order valence-electron chi connectivity index (χ3n) is 10.1. The Balaban J connectivity index is 0.823. The monoisotopic (exact) mass is 712 g/mol. The maximum atomic E-state index is 13.2. The first-order valence-electron chi connectivity index (χ1n) is 17.4. The lowest BCUT2D eigenvalue weighted by Gasteiger charge is -2.36. The van der Waals surface area contributed by atoms with E-state index >= 15 is 0 Å². The molecular weight excluding hydrogens is 676 g/mol. The molecule has 1 saturated heterocycles. The van der Waals surface area contributed by atoms with Crippen LogP contribution in [-0.4, -0.2) is 71.4 Å². The first kappa shape index (κ1) is 33.7. The molecule has 4 heterocycles. The highest BCUT2D eigenvalue weighted by Crippen LogP contribution is 2.36. The molecule has 4 amide bonds. The van der Waals surface area contributed by atoms with E-state index in [4.69, 9.17) is 9.47 Å². The number of carbonyl (C=O) groups is 4. The number of amides is 4. The number of piperidine rings is 1. The summed E-state index contributed by atoms with van der Waals surface area (Å²) in [5, 5.41) is 13.3. The standard InChI is InChI=1S/C39H36N8O6/c1-39(2,23-3-8-28(9-4-23)52-20-26-15-16-40-38(44-26)46-21-41-42-22-46)24-5-10-29(11-6-24)53-30-17-27(18-30)43-25-7-12-31-32(19-25)37(51)47(36(31)50)33-13-14-34(48)45-35(33)49/h3-12,15-16,19,21-22,27,30,33,43H,13-14,17-18,20H2,1-2H3,(H,45,48,49)/t27-,30+,33?. The van der Waals surface area contributed by atoms with Crippen molar-refractivity contribution in [2.45, 2.75) is 69.7 Å². The molecule has 14 heteroatoms. The molecular formula is C39H36N8O6. The van der Waals surface area contributed by atoms with Crippen molar-refractivity contribution in [2.75, 3.05) is 5.32 Å². The van der Waals surface area contributed by atoms with Crippen LogP contribution in [0.4, 0.5) is 5.69 Å². The Hall–Kier alpha value is -6.44. The van der Waals surface area contributed by atoms with Crippen LogP contribution in [0.5, 0.6) is 11.5 Å². The molecule has 0 radical (unpaired) electrons. The van der Waals surface area contributed by atoms with Gasteiger partial charge in [-0.25, -0.2) is 9.97 Å². The Morgan fingerprint density at radius 1 is 0.849 bits per heavy atom. The lowest BCUT2D eigenvalue weighted by Crippen LogP contribution is -2.54.